The number of rotatable bonds is 9. The maximum absolute atomic E-state index is 6.35. The second-order valence-corrected chi connectivity index (χ2v) is 7.08. The molecule has 5 heteroatoms. The van der Waals surface area contributed by atoms with Crippen molar-refractivity contribution >= 4 is 27.5 Å². The Hall–Kier alpha value is -0.130. The minimum absolute atomic E-state index is 0.293. The Morgan fingerprint density at radius 3 is 2.48 bits per heavy atom. The fraction of sp³-hybridized carbons (Fsp3) is 0.625. The zero-order valence-electron chi connectivity index (χ0n) is 13.5. The predicted molar refractivity (Wildman–Crippen MR) is 96.2 cm³/mol. The highest BCUT2D eigenvalue weighted by Gasteiger charge is 2.13. The third kappa shape index (κ3) is 7.11. The van der Waals surface area contributed by atoms with Gasteiger partial charge in [-0.3, -0.25) is 0 Å². The molecule has 0 aliphatic heterocycles. The van der Waals surface area contributed by atoms with Crippen molar-refractivity contribution in [2.24, 2.45) is 0 Å². The Morgan fingerprint density at radius 1 is 1.19 bits per heavy atom. The fourth-order valence-corrected chi connectivity index (χ4v) is 3.16. The smallest absolute Gasteiger partial charge is 0.0465 e. The summed E-state index contributed by atoms with van der Waals surface area (Å²) < 4.78 is 1.02. The highest BCUT2D eigenvalue weighted by atomic mass is 79.9. The van der Waals surface area contributed by atoms with Crippen LogP contribution in [0.2, 0.25) is 5.02 Å². The number of nitrogens with one attached hydrogen (secondary N) is 1. The van der Waals surface area contributed by atoms with Gasteiger partial charge in [0.15, 0.2) is 0 Å². The maximum Gasteiger partial charge on any atom is 0.0465 e. The first-order valence-corrected chi connectivity index (χ1v) is 8.56. The molecule has 0 saturated heterocycles. The van der Waals surface area contributed by atoms with Crippen molar-refractivity contribution in [3.63, 3.8) is 0 Å². The van der Waals surface area contributed by atoms with E-state index in [2.05, 4.69) is 58.3 Å². The SMILES string of the molecule is CNC(CCN(C)CCCN(C)C)c1ccc(Br)cc1Cl. The summed E-state index contributed by atoms with van der Waals surface area (Å²) in [6.45, 7) is 3.33. The molecular formula is C16H27BrClN3. The van der Waals surface area contributed by atoms with E-state index in [0.717, 1.165) is 35.6 Å². The molecule has 0 amide bonds. The summed E-state index contributed by atoms with van der Waals surface area (Å²) in [5.74, 6) is 0. The van der Waals surface area contributed by atoms with E-state index in [1.807, 2.05) is 19.2 Å². The first kappa shape index (κ1) is 18.9. The quantitative estimate of drug-likeness (QED) is 0.710. The summed E-state index contributed by atoms with van der Waals surface area (Å²) in [5.41, 5.74) is 1.17. The Bertz CT molecular complexity index is 426. The van der Waals surface area contributed by atoms with Crippen molar-refractivity contribution in [2.75, 3.05) is 47.8 Å². The van der Waals surface area contributed by atoms with Crippen molar-refractivity contribution in [1.82, 2.24) is 15.1 Å². The van der Waals surface area contributed by atoms with Gasteiger partial charge in [0.25, 0.3) is 0 Å². The molecule has 1 atom stereocenters. The third-order valence-electron chi connectivity index (χ3n) is 3.63. The highest BCUT2D eigenvalue weighted by Crippen LogP contribution is 2.28. The number of hydrogen-bond acceptors (Lipinski definition) is 3. The monoisotopic (exact) mass is 375 g/mol. The van der Waals surface area contributed by atoms with E-state index in [1.54, 1.807) is 0 Å². The van der Waals surface area contributed by atoms with Crippen LogP contribution in [0.25, 0.3) is 0 Å². The van der Waals surface area contributed by atoms with Gasteiger partial charge in [-0.15, -0.1) is 0 Å². The molecule has 21 heavy (non-hydrogen) atoms. The molecule has 1 N–H and O–H groups in total. The molecule has 0 fully saturated rings. The van der Waals surface area contributed by atoms with E-state index >= 15 is 0 Å². The molecule has 0 spiro atoms. The Balaban J connectivity index is 2.47. The molecular weight excluding hydrogens is 350 g/mol. The average Bonchev–Trinajstić information content (AvgIpc) is 2.40. The zero-order valence-corrected chi connectivity index (χ0v) is 15.8. The maximum atomic E-state index is 6.35. The van der Waals surface area contributed by atoms with Gasteiger partial charge in [-0.1, -0.05) is 33.6 Å². The second kappa shape index (κ2) is 9.80. The second-order valence-electron chi connectivity index (χ2n) is 5.76. The van der Waals surface area contributed by atoms with Crippen molar-refractivity contribution in [2.45, 2.75) is 18.9 Å². The van der Waals surface area contributed by atoms with E-state index < -0.39 is 0 Å². The van der Waals surface area contributed by atoms with Gasteiger partial charge in [0.05, 0.1) is 0 Å². The molecule has 1 aromatic carbocycles. The molecule has 0 aliphatic rings. The summed E-state index contributed by atoms with van der Waals surface area (Å²) in [6.07, 6.45) is 2.25. The zero-order chi connectivity index (χ0) is 15.8. The van der Waals surface area contributed by atoms with Gasteiger partial charge in [0.1, 0.15) is 0 Å². The van der Waals surface area contributed by atoms with E-state index in [-0.39, 0.29) is 0 Å². The van der Waals surface area contributed by atoms with Crippen molar-refractivity contribution in [1.29, 1.82) is 0 Å². The summed E-state index contributed by atoms with van der Waals surface area (Å²) in [6, 6.07) is 6.40. The lowest BCUT2D eigenvalue weighted by atomic mass is 10.0. The molecule has 0 aromatic heterocycles. The van der Waals surface area contributed by atoms with Gasteiger partial charge < -0.3 is 15.1 Å². The Morgan fingerprint density at radius 2 is 1.90 bits per heavy atom. The van der Waals surface area contributed by atoms with E-state index in [1.165, 1.54) is 12.0 Å². The lowest BCUT2D eigenvalue weighted by Crippen LogP contribution is -2.28. The lowest BCUT2D eigenvalue weighted by molar-refractivity contribution is 0.286. The first-order chi connectivity index (χ1) is 9.93. The third-order valence-corrected chi connectivity index (χ3v) is 4.45. The van der Waals surface area contributed by atoms with E-state index in [4.69, 9.17) is 11.6 Å². The summed E-state index contributed by atoms with van der Waals surface area (Å²) >= 11 is 9.80. The topological polar surface area (TPSA) is 18.5 Å². The largest absolute Gasteiger partial charge is 0.313 e. The molecule has 0 aliphatic carbocycles. The number of hydrogen-bond donors (Lipinski definition) is 1. The van der Waals surface area contributed by atoms with Gasteiger partial charge in [0.2, 0.25) is 0 Å². The molecule has 0 saturated carbocycles. The fourth-order valence-electron chi connectivity index (χ4n) is 2.36. The van der Waals surface area contributed by atoms with Crippen LogP contribution in [-0.4, -0.2) is 57.6 Å². The molecule has 120 valence electrons. The van der Waals surface area contributed by atoms with Crippen molar-refractivity contribution in [3.8, 4) is 0 Å². The van der Waals surface area contributed by atoms with Crippen LogP contribution in [0.3, 0.4) is 0 Å². The minimum atomic E-state index is 0.293. The number of nitrogens with zero attached hydrogens (tertiary/aromatic N) is 2. The average molecular weight is 377 g/mol. The van der Waals surface area contributed by atoms with Crippen LogP contribution >= 0.6 is 27.5 Å². The highest BCUT2D eigenvalue weighted by molar-refractivity contribution is 9.10. The predicted octanol–water partition coefficient (Wildman–Crippen LogP) is 3.64. The number of benzene rings is 1. The van der Waals surface area contributed by atoms with Gasteiger partial charge in [-0.05, 0) is 78.4 Å². The molecule has 0 heterocycles. The summed E-state index contributed by atoms with van der Waals surface area (Å²) in [5, 5.41) is 4.19. The van der Waals surface area contributed by atoms with Crippen molar-refractivity contribution < 1.29 is 0 Å². The minimum Gasteiger partial charge on any atom is -0.313 e. The van der Waals surface area contributed by atoms with Crippen LogP contribution in [0.1, 0.15) is 24.4 Å². The Kier molecular flexibility index (Phi) is 8.83. The van der Waals surface area contributed by atoms with E-state index in [0.29, 0.717) is 6.04 Å². The summed E-state index contributed by atoms with van der Waals surface area (Å²) in [7, 11) is 8.42. The van der Waals surface area contributed by atoms with Crippen LogP contribution in [0, 0.1) is 0 Å². The van der Waals surface area contributed by atoms with Crippen molar-refractivity contribution in [3.05, 3.63) is 33.3 Å². The van der Waals surface area contributed by atoms with Crippen LogP contribution < -0.4 is 5.32 Å². The number of halogens is 2. The molecule has 1 unspecified atom stereocenters. The van der Waals surface area contributed by atoms with Gasteiger partial charge in [-0.25, -0.2) is 0 Å². The first-order valence-electron chi connectivity index (χ1n) is 7.39. The van der Waals surface area contributed by atoms with Gasteiger partial charge in [-0.2, -0.15) is 0 Å². The van der Waals surface area contributed by atoms with Gasteiger partial charge in [0, 0.05) is 15.5 Å². The summed E-state index contributed by atoms with van der Waals surface area (Å²) in [4.78, 5) is 4.62. The molecule has 0 bridgehead atoms. The molecule has 3 nitrogen and oxygen atoms in total. The van der Waals surface area contributed by atoms with Crippen LogP contribution in [-0.2, 0) is 0 Å². The Labute approximate surface area is 142 Å². The normalized spacial score (nSPS) is 13.1. The van der Waals surface area contributed by atoms with Crippen LogP contribution in [0.4, 0.5) is 0 Å². The lowest BCUT2D eigenvalue weighted by Gasteiger charge is -2.23. The molecule has 1 aromatic rings. The van der Waals surface area contributed by atoms with Crippen LogP contribution in [0.15, 0.2) is 22.7 Å². The standard InChI is InChI=1S/C16H27BrClN3/c1-19-16(14-7-6-13(17)12-15(14)18)8-11-21(4)10-5-9-20(2)3/h6-7,12,16,19H,5,8-11H2,1-4H3. The van der Waals surface area contributed by atoms with Gasteiger partial charge >= 0.3 is 0 Å². The molecule has 1 rings (SSSR count). The molecule has 0 radical (unpaired) electrons. The van der Waals surface area contributed by atoms with E-state index in [9.17, 15) is 0 Å². The van der Waals surface area contributed by atoms with Crippen LogP contribution in [0.5, 0.6) is 0 Å².